The molecule has 1 saturated heterocycles. The first-order valence-corrected chi connectivity index (χ1v) is 11.6. The van der Waals surface area contributed by atoms with Gasteiger partial charge in [-0.05, 0) is 66.5 Å². The third-order valence-corrected chi connectivity index (χ3v) is 8.00. The Morgan fingerprint density at radius 2 is 1.61 bits per heavy atom. The summed E-state index contributed by atoms with van der Waals surface area (Å²) in [4.78, 5) is 43.4. The second-order valence-electron chi connectivity index (χ2n) is 9.31. The lowest BCUT2D eigenvalue weighted by Crippen LogP contribution is -2.45. The molecule has 4 aliphatic carbocycles. The van der Waals surface area contributed by atoms with Crippen molar-refractivity contribution in [3.63, 3.8) is 0 Å². The first kappa shape index (κ1) is 20.5. The second-order valence-corrected chi connectivity index (χ2v) is 9.75. The molecule has 0 aromatic heterocycles. The van der Waals surface area contributed by atoms with E-state index in [0.29, 0.717) is 33.9 Å². The van der Waals surface area contributed by atoms with Crippen LogP contribution in [-0.4, -0.2) is 36.4 Å². The van der Waals surface area contributed by atoms with Crippen molar-refractivity contribution >= 4 is 35.0 Å². The number of benzene rings is 2. The van der Waals surface area contributed by atoms with Crippen LogP contribution in [0, 0.1) is 35.5 Å². The molecule has 1 heterocycles. The molecule has 3 amide bonds. The molecule has 2 aromatic rings. The van der Waals surface area contributed by atoms with Crippen LogP contribution in [0.4, 0.5) is 5.69 Å². The molecule has 0 unspecified atom stereocenters. The zero-order valence-electron chi connectivity index (χ0n) is 18.1. The van der Waals surface area contributed by atoms with Crippen LogP contribution >= 0.6 is 11.6 Å². The standard InChI is InChI=1S/C26H23ClN2O4/c1-33-21-5-3-2-4-20(21)28(24(30)14-6-8-15(27)9-7-14)13-29-25(31)22-16-10-11-17(19-12-18(16)19)23(22)26(29)32/h2-11,16-19,22-23H,12-13H2,1H3/t16-,17-,18-,19+,22-,23-/m1/s1. The van der Waals surface area contributed by atoms with Crippen LogP contribution in [0.1, 0.15) is 16.8 Å². The minimum Gasteiger partial charge on any atom is -0.495 e. The van der Waals surface area contributed by atoms with E-state index in [1.807, 2.05) is 6.07 Å². The van der Waals surface area contributed by atoms with Gasteiger partial charge in [0.15, 0.2) is 0 Å². The SMILES string of the molecule is COc1ccccc1N(CN1C(=O)[C@@H]2[C@@H]3C=C[C@H]([C@@H]4C[C@H]34)[C@H]2C1=O)C(=O)c1ccc(Cl)cc1. The van der Waals surface area contributed by atoms with Crippen molar-refractivity contribution in [2.75, 3.05) is 18.7 Å². The highest BCUT2D eigenvalue weighted by Crippen LogP contribution is 2.65. The van der Waals surface area contributed by atoms with Gasteiger partial charge in [-0.25, -0.2) is 0 Å². The number of hydrogen-bond donors (Lipinski definition) is 0. The fourth-order valence-corrected chi connectivity index (χ4v) is 6.28. The van der Waals surface area contributed by atoms with Gasteiger partial charge in [-0.2, -0.15) is 0 Å². The monoisotopic (exact) mass is 462 g/mol. The van der Waals surface area contributed by atoms with Crippen molar-refractivity contribution < 1.29 is 19.1 Å². The summed E-state index contributed by atoms with van der Waals surface area (Å²) in [5.74, 6) is 0.531. The van der Waals surface area contributed by atoms with Gasteiger partial charge in [0.05, 0.1) is 24.6 Å². The number of anilines is 1. The van der Waals surface area contributed by atoms with E-state index in [9.17, 15) is 14.4 Å². The normalized spacial score (nSPS) is 30.8. The fourth-order valence-electron chi connectivity index (χ4n) is 6.15. The Labute approximate surface area is 196 Å². The van der Waals surface area contributed by atoms with Gasteiger partial charge in [0.1, 0.15) is 12.4 Å². The number of imide groups is 1. The predicted octanol–water partition coefficient (Wildman–Crippen LogP) is 4.01. The third-order valence-electron chi connectivity index (χ3n) is 7.75. The van der Waals surface area contributed by atoms with Gasteiger partial charge in [-0.3, -0.25) is 24.2 Å². The van der Waals surface area contributed by atoms with Crippen LogP contribution in [0.2, 0.25) is 5.02 Å². The van der Waals surface area contributed by atoms with Crippen molar-refractivity contribution in [1.82, 2.24) is 4.90 Å². The highest BCUT2D eigenvalue weighted by molar-refractivity contribution is 6.30. The molecular weight excluding hydrogens is 440 g/mol. The van der Waals surface area contributed by atoms with E-state index < -0.39 is 0 Å². The molecule has 6 nitrogen and oxygen atoms in total. The van der Waals surface area contributed by atoms with Crippen molar-refractivity contribution in [3.8, 4) is 5.75 Å². The highest BCUT2D eigenvalue weighted by atomic mass is 35.5. The van der Waals surface area contributed by atoms with Crippen LogP contribution < -0.4 is 9.64 Å². The molecule has 2 bridgehead atoms. The molecule has 0 radical (unpaired) electrons. The largest absolute Gasteiger partial charge is 0.495 e. The molecule has 6 atom stereocenters. The Morgan fingerprint density at radius 1 is 1.00 bits per heavy atom. The van der Waals surface area contributed by atoms with E-state index in [0.717, 1.165) is 6.42 Å². The summed E-state index contributed by atoms with van der Waals surface area (Å²) in [5, 5.41) is 0.519. The number of methoxy groups -OCH3 is 1. The molecule has 2 aromatic carbocycles. The van der Waals surface area contributed by atoms with Crippen LogP contribution in [-0.2, 0) is 9.59 Å². The van der Waals surface area contributed by atoms with Crippen LogP contribution in [0.15, 0.2) is 60.7 Å². The summed E-state index contributed by atoms with van der Waals surface area (Å²) in [6.45, 7) is -0.152. The van der Waals surface area contributed by atoms with E-state index in [1.165, 1.54) is 16.9 Å². The smallest absolute Gasteiger partial charge is 0.259 e. The zero-order chi connectivity index (χ0) is 22.9. The first-order chi connectivity index (χ1) is 16.0. The van der Waals surface area contributed by atoms with E-state index >= 15 is 0 Å². The van der Waals surface area contributed by atoms with Gasteiger partial charge in [0.25, 0.3) is 5.91 Å². The Hall–Kier alpha value is -3.12. The summed E-state index contributed by atoms with van der Waals surface area (Å²) < 4.78 is 5.49. The molecule has 0 spiro atoms. The van der Waals surface area contributed by atoms with E-state index in [4.69, 9.17) is 16.3 Å². The van der Waals surface area contributed by atoms with Crippen molar-refractivity contribution in [2.45, 2.75) is 6.42 Å². The molecule has 0 N–H and O–H groups in total. The van der Waals surface area contributed by atoms with Gasteiger partial charge in [0.2, 0.25) is 11.8 Å². The third kappa shape index (κ3) is 3.04. The minimum absolute atomic E-state index is 0.137. The van der Waals surface area contributed by atoms with Crippen LogP contribution in [0.3, 0.4) is 0 Å². The predicted molar refractivity (Wildman–Crippen MR) is 123 cm³/mol. The second kappa shape index (κ2) is 7.45. The van der Waals surface area contributed by atoms with Gasteiger partial charge in [-0.1, -0.05) is 35.9 Å². The van der Waals surface area contributed by atoms with Gasteiger partial charge in [-0.15, -0.1) is 0 Å². The summed E-state index contributed by atoms with van der Waals surface area (Å²) >= 11 is 6.01. The topological polar surface area (TPSA) is 66.9 Å². The quantitative estimate of drug-likeness (QED) is 0.497. The van der Waals surface area contributed by atoms with E-state index in [-0.39, 0.29) is 48.1 Å². The van der Waals surface area contributed by atoms with E-state index in [1.54, 1.807) is 42.5 Å². The fraction of sp³-hybridized carbons (Fsp3) is 0.346. The number of amides is 3. The summed E-state index contributed by atoms with van der Waals surface area (Å²) in [6, 6.07) is 13.7. The Kier molecular flexibility index (Phi) is 4.63. The van der Waals surface area contributed by atoms with Gasteiger partial charge >= 0.3 is 0 Å². The van der Waals surface area contributed by atoms with Crippen molar-refractivity contribution in [3.05, 3.63) is 71.3 Å². The molecule has 1 aliphatic heterocycles. The number of hydrogen-bond acceptors (Lipinski definition) is 4. The lowest BCUT2D eigenvalue weighted by atomic mass is 9.63. The Bertz CT molecular complexity index is 1160. The highest BCUT2D eigenvalue weighted by Gasteiger charge is 2.67. The summed E-state index contributed by atoms with van der Waals surface area (Å²) in [7, 11) is 1.53. The number of ether oxygens (including phenoxy) is 1. The molecular formula is C26H23ClN2O4. The van der Waals surface area contributed by atoms with Crippen molar-refractivity contribution in [2.24, 2.45) is 35.5 Å². The Balaban J connectivity index is 1.36. The van der Waals surface area contributed by atoms with Crippen LogP contribution in [0.5, 0.6) is 5.75 Å². The summed E-state index contributed by atoms with van der Waals surface area (Å²) in [6.07, 6.45) is 5.40. The number of nitrogens with zero attached hydrogens (tertiary/aromatic N) is 2. The lowest BCUT2D eigenvalue weighted by Gasteiger charge is -2.37. The molecule has 7 heteroatoms. The maximum Gasteiger partial charge on any atom is 0.259 e. The average Bonchev–Trinajstić information content (AvgIpc) is 3.62. The van der Waals surface area contributed by atoms with E-state index in [2.05, 4.69) is 12.2 Å². The number of carbonyl (C=O) groups excluding carboxylic acids is 3. The molecule has 7 rings (SSSR count). The Morgan fingerprint density at radius 3 is 2.21 bits per heavy atom. The minimum atomic E-state index is -0.337. The van der Waals surface area contributed by atoms with Crippen LogP contribution in [0.25, 0.3) is 0 Å². The average molecular weight is 463 g/mol. The van der Waals surface area contributed by atoms with Gasteiger partial charge < -0.3 is 4.74 Å². The molecule has 5 aliphatic rings. The molecule has 3 fully saturated rings. The maximum absolute atomic E-state index is 13.6. The number of para-hydroxylation sites is 2. The van der Waals surface area contributed by atoms with Crippen molar-refractivity contribution in [1.29, 1.82) is 0 Å². The van der Waals surface area contributed by atoms with Gasteiger partial charge in [0, 0.05) is 10.6 Å². The number of halogens is 1. The first-order valence-electron chi connectivity index (χ1n) is 11.2. The lowest BCUT2D eigenvalue weighted by molar-refractivity contribution is -0.140. The molecule has 33 heavy (non-hydrogen) atoms. The molecule has 2 saturated carbocycles. The molecule has 168 valence electrons. The number of rotatable bonds is 5. The number of likely N-dealkylation sites (tertiary alicyclic amines) is 1. The summed E-state index contributed by atoms with van der Waals surface area (Å²) in [5.41, 5.74) is 0.907. The number of allylic oxidation sites excluding steroid dienone is 2. The zero-order valence-corrected chi connectivity index (χ0v) is 18.8. The number of carbonyl (C=O) groups is 3. The maximum atomic E-state index is 13.6.